The molecular weight excluding hydrogens is 202 g/mol. The van der Waals surface area contributed by atoms with Gasteiger partial charge in [0.15, 0.2) is 16.8 Å². The van der Waals surface area contributed by atoms with Gasteiger partial charge in [0.2, 0.25) is 0 Å². The number of hydrogen-bond acceptors (Lipinski definition) is 4. The Labute approximate surface area is 85.7 Å². The highest BCUT2D eigenvalue weighted by atomic mass is 35.5. The molecule has 5 nitrogen and oxygen atoms in total. The molecule has 0 bridgehead atoms. The van der Waals surface area contributed by atoms with Crippen LogP contribution in [0.2, 0.25) is 5.15 Å². The number of nitrogens with zero attached hydrogens (tertiary/aromatic N) is 4. The SMILES string of the molecule is Cn1ccc(Nc2ccc(Cl)nn2)n1. The third-order valence-corrected chi connectivity index (χ3v) is 1.80. The van der Waals surface area contributed by atoms with Gasteiger partial charge in [-0.05, 0) is 12.1 Å². The molecule has 14 heavy (non-hydrogen) atoms. The number of rotatable bonds is 2. The Morgan fingerprint density at radius 2 is 2.07 bits per heavy atom. The Bertz CT molecular complexity index is 422. The summed E-state index contributed by atoms with van der Waals surface area (Å²) in [6.45, 7) is 0. The number of hydrogen-bond donors (Lipinski definition) is 1. The van der Waals surface area contributed by atoms with E-state index in [0.29, 0.717) is 11.0 Å². The molecule has 0 aliphatic heterocycles. The van der Waals surface area contributed by atoms with Gasteiger partial charge in [0.05, 0.1) is 0 Å². The molecule has 0 aliphatic rings. The van der Waals surface area contributed by atoms with Crippen LogP contribution in [0.3, 0.4) is 0 Å². The van der Waals surface area contributed by atoms with Crippen molar-refractivity contribution in [2.45, 2.75) is 0 Å². The van der Waals surface area contributed by atoms with Gasteiger partial charge in [0.1, 0.15) is 0 Å². The molecule has 2 aromatic heterocycles. The van der Waals surface area contributed by atoms with Crippen molar-refractivity contribution in [1.29, 1.82) is 0 Å². The number of aryl methyl sites for hydroxylation is 1. The minimum absolute atomic E-state index is 0.372. The van der Waals surface area contributed by atoms with Crippen molar-refractivity contribution in [3.63, 3.8) is 0 Å². The second kappa shape index (κ2) is 3.63. The van der Waals surface area contributed by atoms with Crippen LogP contribution in [-0.4, -0.2) is 20.0 Å². The molecule has 0 radical (unpaired) electrons. The summed E-state index contributed by atoms with van der Waals surface area (Å²) >= 11 is 5.60. The monoisotopic (exact) mass is 209 g/mol. The maximum atomic E-state index is 5.60. The molecule has 2 aromatic rings. The van der Waals surface area contributed by atoms with E-state index in [9.17, 15) is 0 Å². The minimum atomic E-state index is 0.372. The first-order valence-corrected chi connectivity index (χ1v) is 4.38. The second-order valence-corrected chi connectivity index (χ2v) is 3.13. The summed E-state index contributed by atoms with van der Waals surface area (Å²) in [6.07, 6.45) is 1.84. The van der Waals surface area contributed by atoms with Gasteiger partial charge in [-0.1, -0.05) is 11.6 Å². The van der Waals surface area contributed by atoms with Crippen LogP contribution < -0.4 is 5.32 Å². The van der Waals surface area contributed by atoms with E-state index in [1.54, 1.807) is 16.8 Å². The summed E-state index contributed by atoms with van der Waals surface area (Å²) in [4.78, 5) is 0. The summed E-state index contributed by atoms with van der Waals surface area (Å²) in [7, 11) is 1.85. The van der Waals surface area contributed by atoms with Crippen LogP contribution in [0, 0.1) is 0 Å². The molecule has 0 aliphatic carbocycles. The lowest BCUT2D eigenvalue weighted by Crippen LogP contribution is -1.96. The van der Waals surface area contributed by atoms with E-state index in [1.165, 1.54) is 0 Å². The molecule has 6 heteroatoms. The quantitative estimate of drug-likeness (QED) is 0.817. The highest BCUT2D eigenvalue weighted by Crippen LogP contribution is 2.11. The van der Waals surface area contributed by atoms with Crippen molar-refractivity contribution in [3.05, 3.63) is 29.5 Å². The summed E-state index contributed by atoms with van der Waals surface area (Å²) in [5, 5.41) is 15.0. The smallest absolute Gasteiger partial charge is 0.154 e. The lowest BCUT2D eigenvalue weighted by molar-refractivity contribution is 0.771. The van der Waals surface area contributed by atoms with Crippen molar-refractivity contribution >= 4 is 23.2 Å². The Morgan fingerprint density at radius 1 is 1.21 bits per heavy atom. The third kappa shape index (κ3) is 2.00. The van der Waals surface area contributed by atoms with Gasteiger partial charge >= 0.3 is 0 Å². The fraction of sp³-hybridized carbons (Fsp3) is 0.125. The van der Waals surface area contributed by atoms with Crippen LogP contribution in [0.15, 0.2) is 24.4 Å². The van der Waals surface area contributed by atoms with Crippen LogP contribution in [-0.2, 0) is 7.05 Å². The van der Waals surface area contributed by atoms with Crippen molar-refractivity contribution < 1.29 is 0 Å². The lowest BCUT2D eigenvalue weighted by atomic mass is 10.5. The molecule has 0 saturated heterocycles. The predicted molar refractivity (Wildman–Crippen MR) is 53.5 cm³/mol. The molecule has 2 heterocycles. The number of halogens is 1. The van der Waals surface area contributed by atoms with Crippen LogP contribution >= 0.6 is 11.6 Å². The Hall–Kier alpha value is -1.62. The van der Waals surface area contributed by atoms with Crippen LogP contribution in [0.4, 0.5) is 11.6 Å². The largest absolute Gasteiger partial charge is 0.322 e. The minimum Gasteiger partial charge on any atom is -0.322 e. The Morgan fingerprint density at radius 3 is 2.64 bits per heavy atom. The normalized spacial score (nSPS) is 10.1. The molecule has 0 amide bonds. The molecule has 0 spiro atoms. The van der Waals surface area contributed by atoms with Gasteiger partial charge in [0.25, 0.3) is 0 Å². The van der Waals surface area contributed by atoms with Gasteiger partial charge < -0.3 is 5.32 Å². The second-order valence-electron chi connectivity index (χ2n) is 2.74. The molecule has 0 saturated carbocycles. The highest BCUT2D eigenvalue weighted by Gasteiger charge is 1.98. The number of anilines is 2. The third-order valence-electron chi connectivity index (χ3n) is 1.60. The zero-order valence-corrected chi connectivity index (χ0v) is 8.23. The summed E-state index contributed by atoms with van der Waals surface area (Å²) in [6, 6.07) is 5.25. The molecular formula is C8H8ClN5. The maximum absolute atomic E-state index is 5.60. The topological polar surface area (TPSA) is 55.6 Å². The van der Waals surface area contributed by atoms with Crippen molar-refractivity contribution in [1.82, 2.24) is 20.0 Å². The molecule has 0 aromatic carbocycles. The van der Waals surface area contributed by atoms with E-state index in [4.69, 9.17) is 11.6 Å². The summed E-state index contributed by atoms with van der Waals surface area (Å²) in [5.41, 5.74) is 0. The van der Waals surface area contributed by atoms with E-state index in [2.05, 4.69) is 20.6 Å². The molecule has 1 N–H and O–H groups in total. The van der Waals surface area contributed by atoms with Gasteiger partial charge in [-0.3, -0.25) is 4.68 Å². The van der Waals surface area contributed by atoms with E-state index in [0.717, 1.165) is 5.82 Å². The summed E-state index contributed by atoms with van der Waals surface area (Å²) < 4.78 is 1.70. The van der Waals surface area contributed by atoms with Crippen molar-refractivity contribution in [3.8, 4) is 0 Å². The first kappa shape index (κ1) is 8.96. The average Bonchev–Trinajstić information content (AvgIpc) is 2.56. The van der Waals surface area contributed by atoms with E-state index < -0.39 is 0 Å². The first-order chi connectivity index (χ1) is 6.74. The highest BCUT2D eigenvalue weighted by molar-refractivity contribution is 6.29. The van der Waals surface area contributed by atoms with E-state index >= 15 is 0 Å². The predicted octanol–water partition coefficient (Wildman–Crippen LogP) is 1.61. The van der Waals surface area contributed by atoms with Crippen LogP contribution in [0.1, 0.15) is 0 Å². The van der Waals surface area contributed by atoms with E-state index in [-0.39, 0.29) is 0 Å². The lowest BCUT2D eigenvalue weighted by Gasteiger charge is -1.99. The fourth-order valence-corrected chi connectivity index (χ4v) is 1.10. The standard InChI is InChI=1S/C8H8ClN5/c1-14-5-4-8(13-14)10-7-3-2-6(9)11-12-7/h2-5H,1H3,(H,10,12,13). The van der Waals surface area contributed by atoms with Gasteiger partial charge in [0, 0.05) is 19.3 Å². The van der Waals surface area contributed by atoms with Crippen molar-refractivity contribution in [2.24, 2.45) is 7.05 Å². The number of nitrogens with one attached hydrogen (secondary N) is 1. The fourth-order valence-electron chi connectivity index (χ4n) is 0.996. The zero-order chi connectivity index (χ0) is 9.97. The van der Waals surface area contributed by atoms with Crippen molar-refractivity contribution in [2.75, 3.05) is 5.32 Å². The van der Waals surface area contributed by atoms with Gasteiger partial charge in [-0.15, -0.1) is 10.2 Å². The Kier molecular flexibility index (Phi) is 2.32. The Balaban J connectivity index is 2.15. The summed E-state index contributed by atoms with van der Waals surface area (Å²) in [5.74, 6) is 1.34. The molecule has 0 fully saturated rings. The zero-order valence-electron chi connectivity index (χ0n) is 7.48. The molecule has 0 unspecified atom stereocenters. The maximum Gasteiger partial charge on any atom is 0.154 e. The van der Waals surface area contributed by atoms with E-state index in [1.807, 2.05) is 19.3 Å². The molecule has 0 atom stereocenters. The molecule has 2 rings (SSSR count). The number of aromatic nitrogens is 4. The van der Waals surface area contributed by atoms with Gasteiger partial charge in [-0.2, -0.15) is 5.10 Å². The average molecular weight is 210 g/mol. The molecule has 72 valence electrons. The van der Waals surface area contributed by atoms with Crippen LogP contribution in [0.25, 0.3) is 0 Å². The van der Waals surface area contributed by atoms with Crippen LogP contribution in [0.5, 0.6) is 0 Å². The first-order valence-electron chi connectivity index (χ1n) is 4.00. The van der Waals surface area contributed by atoms with Gasteiger partial charge in [-0.25, -0.2) is 0 Å².